The highest BCUT2D eigenvalue weighted by atomic mass is 16.8. The molecule has 13 nitrogen and oxygen atoms in total. The van der Waals surface area contributed by atoms with Gasteiger partial charge in [-0.3, -0.25) is 4.79 Å². The van der Waals surface area contributed by atoms with E-state index in [1.54, 1.807) is 0 Å². The number of nitrogens with one attached hydrogen (secondary N) is 1. The largest absolute Gasteiger partial charge is 0.511 e. The molecule has 1 unspecified atom stereocenters. The fourth-order valence-corrected chi connectivity index (χ4v) is 6.48. The van der Waals surface area contributed by atoms with E-state index in [4.69, 9.17) is 19.2 Å². The Morgan fingerprint density at radius 3 is 2.45 bits per heavy atom. The Morgan fingerprint density at radius 1 is 0.979 bits per heavy atom. The number of esters is 1. The van der Waals surface area contributed by atoms with Gasteiger partial charge < -0.3 is 23.7 Å². The zero-order valence-corrected chi connectivity index (χ0v) is 26.7. The van der Waals surface area contributed by atoms with E-state index in [9.17, 15) is 14.4 Å². The summed E-state index contributed by atoms with van der Waals surface area (Å²) >= 11 is 0. The Kier molecular flexibility index (Phi) is 9.89. The topological polar surface area (TPSA) is 154 Å². The van der Waals surface area contributed by atoms with E-state index in [1.165, 1.54) is 11.8 Å². The molecule has 0 spiro atoms. The van der Waals surface area contributed by atoms with Gasteiger partial charge in [0.05, 0.1) is 11.4 Å². The van der Waals surface area contributed by atoms with E-state index in [2.05, 4.69) is 27.5 Å². The molecular formula is C34H39N7O6. The van der Waals surface area contributed by atoms with E-state index in [1.807, 2.05) is 53.1 Å². The van der Waals surface area contributed by atoms with Crippen LogP contribution < -0.4 is 0 Å². The number of hydrogen-bond acceptors (Lipinski definition) is 10. The molecule has 0 bridgehead atoms. The first-order valence-electron chi connectivity index (χ1n) is 16.2. The van der Waals surface area contributed by atoms with Crippen LogP contribution in [0.1, 0.15) is 81.2 Å². The molecule has 1 N–H and O–H groups in total. The van der Waals surface area contributed by atoms with Gasteiger partial charge in [0.1, 0.15) is 11.9 Å². The Bertz CT molecular complexity index is 1700. The lowest BCUT2D eigenvalue weighted by Gasteiger charge is -2.34. The summed E-state index contributed by atoms with van der Waals surface area (Å²) < 4.78 is 17.9. The van der Waals surface area contributed by atoms with Crippen molar-refractivity contribution in [3.63, 3.8) is 0 Å². The van der Waals surface area contributed by atoms with Gasteiger partial charge in [0.15, 0.2) is 6.04 Å². The highest BCUT2D eigenvalue weighted by Crippen LogP contribution is 2.34. The van der Waals surface area contributed by atoms with Gasteiger partial charge in [0.25, 0.3) is 0 Å². The number of aromatic amines is 1. The minimum atomic E-state index is -1.03. The third kappa shape index (κ3) is 7.18. The van der Waals surface area contributed by atoms with Crippen LogP contribution in [0.5, 0.6) is 0 Å². The number of ether oxygens (including phenoxy) is 3. The van der Waals surface area contributed by atoms with Crippen LogP contribution in [0.3, 0.4) is 0 Å². The first-order valence-corrected chi connectivity index (χ1v) is 16.2. The Morgan fingerprint density at radius 2 is 1.74 bits per heavy atom. The van der Waals surface area contributed by atoms with Gasteiger partial charge >= 0.3 is 12.1 Å². The third-order valence-corrected chi connectivity index (χ3v) is 8.74. The normalized spacial score (nSPS) is 16.4. The second kappa shape index (κ2) is 14.6. The molecule has 6 rings (SSSR count). The molecule has 13 heteroatoms. The summed E-state index contributed by atoms with van der Waals surface area (Å²) in [6, 6.07) is 15.0. The molecule has 0 radical (unpaired) electrons. The van der Waals surface area contributed by atoms with Crippen LogP contribution in [0, 0.1) is 0 Å². The maximum Gasteiger partial charge on any atom is 0.511 e. The lowest BCUT2D eigenvalue weighted by Crippen LogP contribution is -2.44. The van der Waals surface area contributed by atoms with E-state index in [0.29, 0.717) is 37.4 Å². The average Bonchev–Trinajstić information content (AvgIpc) is 3.74. The van der Waals surface area contributed by atoms with Gasteiger partial charge in [-0.2, -0.15) is 5.21 Å². The van der Waals surface area contributed by atoms with E-state index >= 15 is 0 Å². The molecule has 1 aliphatic carbocycles. The van der Waals surface area contributed by atoms with Crippen molar-refractivity contribution >= 4 is 18.0 Å². The number of fused-ring (bicyclic) bond motifs is 1. The van der Waals surface area contributed by atoms with E-state index < -0.39 is 25.0 Å². The molecule has 2 aliphatic rings. The van der Waals surface area contributed by atoms with Crippen molar-refractivity contribution in [3.05, 3.63) is 71.3 Å². The second-order valence-corrected chi connectivity index (χ2v) is 11.9. The molecule has 0 saturated heterocycles. The van der Waals surface area contributed by atoms with Crippen LogP contribution in [0.25, 0.3) is 22.5 Å². The Hall–Kier alpha value is -5.07. The second-order valence-electron chi connectivity index (χ2n) is 11.9. The van der Waals surface area contributed by atoms with Gasteiger partial charge in [-0.25, -0.2) is 14.6 Å². The van der Waals surface area contributed by atoms with Crippen molar-refractivity contribution < 1.29 is 28.6 Å². The van der Waals surface area contributed by atoms with Gasteiger partial charge in [0, 0.05) is 38.4 Å². The lowest BCUT2D eigenvalue weighted by molar-refractivity contribution is -0.164. The minimum absolute atomic E-state index is 0.179. The molecule has 1 amide bonds. The molecule has 1 atom stereocenters. The van der Waals surface area contributed by atoms with Crippen molar-refractivity contribution in [1.82, 2.24) is 35.1 Å². The van der Waals surface area contributed by atoms with Gasteiger partial charge in [-0.1, -0.05) is 61.9 Å². The summed E-state index contributed by atoms with van der Waals surface area (Å²) in [4.78, 5) is 45.1. The van der Waals surface area contributed by atoms with E-state index in [0.717, 1.165) is 72.3 Å². The van der Waals surface area contributed by atoms with Crippen molar-refractivity contribution in [1.29, 1.82) is 0 Å². The molecule has 4 aromatic rings. The maximum atomic E-state index is 13.6. The predicted molar refractivity (Wildman–Crippen MR) is 170 cm³/mol. The number of carbonyl (C=O) groups excluding carboxylic acids is 3. The van der Waals surface area contributed by atoms with Gasteiger partial charge in [-0.15, -0.1) is 10.2 Å². The summed E-state index contributed by atoms with van der Waals surface area (Å²) in [5, 5.41) is 14.5. The summed E-state index contributed by atoms with van der Waals surface area (Å²) in [7, 11) is 0. The standard InChI is InChI=1S/C34H39N7O6/c1-3-9-29-35-28-18-19-40(22(2)42)31(33(43)45-21-46-34(44)47-25-10-5-4-6-11-25)30(28)41(29)20-23-14-16-24(17-15-23)26-12-7-8-13-27(26)32-36-38-39-37-32/h7-8,12-17,25,31H,3-6,9-11,18-21H2,1-2H3,(H,36,37,38,39). The fourth-order valence-electron chi connectivity index (χ4n) is 6.48. The summed E-state index contributed by atoms with van der Waals surface area (Å²) in [6.07, 6.45) is 5.75. The molecule has 246 valence electrons. The Balaban J connectivity index is 1.23. The number of H-pyrrole nitrogens is 1. The van der Waals surface area contributed by atoms with Crippen LogP contribution in [0.4, 0.5) is 4.79 Å². The van der Waals surface area contributed by atoms with Crippen LogP contribution in [-0.4, -0.2) is 72.5 Å². The van der Waals surface area contributed by atoms with E-state index in [-0.39, 0.29) is 12.0 Å². The Labute approximate surface area is 272 Å². The molecule has 2 aromatic carbocycles. The van der Waals surface area contributed by atoms with Crippen LogP contribution in [0.2, 0.25) is 0 Å². The maximum absolute atomic E-state index is 13.6. The number of tetrazole rings is 1. The molecule has 47 heavy (non-hydrogen) atoms. The van der Waals surface area contributed by atoms with Gasteiger partial charge in [-0.05, 0) is 54.0 Å². The summed E-state index contributed by atoms with van der Waals surface area (Å²) in [5.74, 6) is 0.395. The average molecular weight is 642 g/mol. The first-order chi connectivity index (χ1) is 22.9. The quantitative estimate of drug-likeness (QED) is 0.181. The van der Waals surface area contributed by atoms with Crippen LogP contribution >= 0.6 is 0 Å². The number of aryl methyl sites for hydroxylation is 1. The fraction of sp³-hybridized carbons (Fsp3) is 0.441. The predicted octanol–water partition coefficient (Wildman–Crippen LogP) is 5.16. The number of carbonyl (C=O) groups is 3. The van der Waals surface area contributed by atoms with Crippen molar-refractivity contribution in [2.24, 2.45) is 0 Å². The molecule has 2 aromatic heterocycles. The molecule has 1 fully saturated rings. The number of hydrogen-bond donors (Lipinski definition) is 1. The SMILES string of the molecule is CCCc1nc2c(n1Cc1ccc(-c3ccccc3-c3nn[nH]n3)cc1)C(C(=O)OCOC(=O)OC1CCCCC1)N(C(C)=O)CC2. The number of amides is 1. The molecule has 1 aliphatic heterocycles. The lowest BCUT2D eigenvalue weighted by atomic mass is 9.98. The number of rotatable bonds is 10. The molecule has 3 heterocycles. The number of benzene rings is 2. The molecular weight excluding hydrogens is 602 g/mol. The monoisotopic (exact) mass is 641 g/mol. The smallest absolute Gasteiger partial charge is 0.431 e. The highest BCUT2D eigenvalue weighted by Gasteiger charge is 2.40. The zero-order valence-electron chi connectivity index (χ0n) is 26.7. The number of aromatic nitrogens is 6. The number of nitrogens with zero attached hydrogens (tertiary/aromatic N) is 6. The zero-order chi connectivity index (χ0) is 32.8. The first kappa shape index (κ1) is 31.9. The molecule has 1 saturated carbocycles. The summed E-state index contributed by atoms with van der Waals surface area (Å²) in [6.45, 7) is 3.66. The minimum Gasteiger partial charge on any atom is -0.431 e. The summed E-state index contributed by atoms with van der Waals surface area (Å²) in [5.41, 5.74) is 5.19. The third-order valence-electron chi connectivity index (χ3n) is 8.74. The number of imidazole rings is 1. The van der Waals surface area contributed by atoms with Crippen molar-refractivity contribution in [2.45, 2.75) is 83.9 Å². The van der Waals surface area contributed by atoms with Crippen molar-refractivity contribution in [2.75, 3.05) is 13.3 Å². The van der Waals surface area contributed by atoms with Crippen molar-refractivity contribution in [3.8, 4) is 22.5 Å². The van der Waals surface area contributed by atoms with Gasteiger partial charge in [0.2, 0.25) is 18.5 Å². The van der Waals surface area contributed by atoms with Crippen LogP contribution in [-0.2, 0) is 43.2 Å². The highest BCUT2D eigenvalue weighted by molar-refractivity contribution is 5.85. The van der Waals surface area contributed by atoms with Crippen LogP contribution in [0.15, 0.2) is 48.5 Å².